The second-order valence-corrected chi connectivity index (χ2v) is 6.80. The van der Waals surface area contributed by atoms with E-state index in [9.17, 15) is 5.11 Å². The molecule has 1 fully saturated rings. The van der Waals surface area contributed by atoms with E-state index in [1.165, 1.54) is 5.56 Å². The Bertz CT molecular complexity index is 446. The van der Waals surface area contributed by atoms with Crippen LogP contribution in [0.2, 0.25) is 0 Å². The molecule has 1 aromatic rings. The van der Waals surface area contributed by atoms with E-state index in [4.69, 9.17) is 4.74 Å². The van der Waals surface area contributed by atoms with Crippen molar-refractivity contribution in [3.8, 4) is 5.75 Å². The number of aliphatic hydroxyl groups is 1. The highest BCUT2D eigenvalue weighted by atomic mass is 32.2. The molecule has 0 bridgehead atoms. The van der Waals surface area contributed by atoms with Crippen LogP contribution < -0.4 is 4.74 Å². The zero-order valence-corrected chi connectivity index (χ0v) is 11.1. The van der Waals surface area contributed by atoms with Crippen molar-refractivity contribution < 1.29 is 9.84 Å². The fraction of sp³-hybridized carbons (Fsp3) is 0.571. The minimum Gasteiger partial charge on any atom is -0.486 e. The highest BCUT2D eigenvalue weighted by molar-refractivity contribution is 8.00. The van der Waals surface area contributed by atoms with Gasteiger partial charge in [-0.1, -0.05) is 18.6 Å². The molecule has 0 amide bonds. The SMILES string of the molecule is Cc1ccc2c(c1)[C@@H](O)CC1(CSC(C)C1)O2. The minimum atomic E-state index is -0.371. The maximum absolute atomic E-state index is 10.3. The summed E-state index contributed by atoms with van der Waals surface area (Å²) in [7, 11) is 0. The van der Waals surface area contributed by atoms with Crippen LogP contribution in [0.25, 0.3) is 0 Å². The average molecular weight is 250 g/mol. The molecule has 3 atom stereocenters. The third-order valence-corrected chi connectivity index (χ3v) is 5.13. The molecule has 1 spiro atoms. The van der Waals surface area contributed by atoms with Crippen LogP contribution >= 0.6 is 11.8 Å². The predicted molar refractivity (Wildman–Crippen MR) is 70.7 cm³/mol. The van der Waals surface area contributed by atoms with Crippen LogP contribution in [0, 0.1) is 6.92 Å². The lowest BCUT2D eigenvalue weighted by molar-refractivity contribution is 0.00147. The van der Waals surface area contributed by atoms with E-state index in [1.54, 1.807) is 0 Å². The first-order valence-corrected chi connectivity index (χ1v) is 7.22. The van der Waals surface area contributed by atoms with Gasteiger partial charge in [-0.25, -0.2) is 0 Å². The maximum Gasteiger partial charge on any atom is 0.126 e. The molecule has 0 radical (unpaired) electrons. The summed E-state index contributed by atoms with van der Waals surface area (Å²) in [5.41, 5.74) is 2.00. The zero-order valence-electron chi connectivity index (χ0n) is 10.3. The molecule has 1 aromatic carbocycles. The van der Waals surface area contributed by atoms with Crippen LogP contribution in [0.3, 0.4) is 0 Å². The average Bonchev–Trinajstić information content (AvgIpc) is 2.61. The summed E-state index contributed by atoms with van der Waals surface area (Å²) in [4.78, 5) is 0. The van der Waals surface area contributed by atoms with E-state index in [1.807, 2.05) is 30.8 Å². The molecule has 92 valence electrons. The van der Waals surface area contributed by atoms with Gasteiger partial charge in [-0.3, -0.25) is 0 Å². The molecule has 2 heterocycles. The molecule has 2 nitrogen and oxygen atoms in total. The number of thioether (sulfide) groups is 1. The van der Waals surface area contributed by atoms with E-state index < -0.39 is 0 Å². The molecule has 2 aliphatic heterocycles. The van der Waals surface area contributed by atoms with E-state index in [-0.39, 0.29) is 11.7 Å². The number of fused-ring (bicyclic) bond motifs is 1. The highest BCUT2D eigenvalue weighted by Gasteiger charge is 2.45. The smallest absolute Gasteiger partial charge is 0.126 e. The summed E-state index contributed by atoms with van der Waals surface area (Å²) in [6, 6.07) is 6.09. The van der Waals surface area contributed by atoms with Crippen LogP contribution in [-0.2, 0) is 0 Å². The Kier molecular flexibility index (Phi) is 2.64. The Morgan fingerprint density at radius 3 is 2.94 bits per heavy atom. The molecule has 17 heavy (non-hydrogen) atoms. The van der Waals surface area contributed by atoms with Gasteiger partial charge in [0.05, 0.1) is 6.10 Å². The van der Waals surface area contributed by atoms with Gasteiger partial charge < -0.3 is 9.84 Å². The highest BCUT2D eigenvalue weighted by Crippen LogP contribution is 2.48. The van der Waals surface area contributed by atoms with Gasteiger partial charge >= 0.3 is 0 Å². The molecule has 3 rings (SSSR count). The summed E-state index contributed by atoms with van der Waals surface area (Å²) < 4.78 is 6.20. The summed E-state index contributed by atoms with van der Waals surface area (Å²) in [6.07, 6.45) is 1.41. The van der Waals surface area contributed by atoms with Crippen LogP contribution in [0.4, 0.5) is 0 Å². The van der Waals surface area contributed by atoms with E-state index in [2.05, 4.69) is 13.0 Å². The number of ether oxygens (including phenoxy) is 1. The van der Waals surface area contributed by atoms with Crippen LogP contribution in [0.1, 0.15) is 37.0 Å². The zero-order chi connectivity index (χ0) is 12.0. The topological polar surface area (TPSA) is 29.5 Å². The van der Waals surface area contributed by atoms with Crippen molar-refractivity contribution in [3.05, 3.63) is 29.3 Å². The Morgan fingerprint density at radius 2 is 2.24 bits per heavy atom. The Hall–Kier alpha value is -0.670. The lowest BCUT2D eigenvalue weighted by Crippen LogP contribution is -2.41. The van der Waals surface area contributed by atoms with Crippen molar-refractivity contribution in [2.24, 2.45) is 0 Å². The van der Waals surface area contributed by atoms with Crippen molar-refractivity contribution in [1.82, 2.24) is 0 Å². The molecule has 3 heteroatoms. The van der Waals surface area contributed by atoms with Gasteiger partial charge in [0.1, 0.15) is 11.4 Å². The molecular formula is C14H18O2S. The number of rotatable bonds is 0. The van der Waals surface area contributed by atoms with Gasteiger partial charge in [-0.05, 0) is 25.5 Å². The molecule has 0 aliphatic carbocycles. The first-order valence-electron chi connectivity index (χ1n) is 6.17. The number of aliphatic hydroxyl groups excluding tert-OH is 1. The Morgan fingerprint density at radius 1 is 1.41 bits per heavy atom. The standard InChI is InChI=1S/C14H18O2S/c1-9-3-4-13-11(5-9)12(15)7-14(16-13)6-10(2)17-8-14/h3-5,10,12,15H,6-8H2,1-2H3/t10?,12-,14?/m0/s1. The first-order chi connectivity index (χ1) is 8.08. The molecule has 0 aromatic heterocycles. The molecule has 1 saturated heterocycles. The second-order valence-electron chi connectivity index (χ2n) is 5.37. The number of hydrogen-bond acceptors (Lipinski definition) is 3. The minimum absolute atomic E-state index is 0.133. The van der Waals surface area contributed by atoms with Crippen molar-refractivity contribution in [2.75, 3.05) is 5.75 Å². The van der Waals surface area contributed by atoms with Crippen molar-refractivity contribution in [3.63, 3.8) is 0 Å². The fourth-order valence-electron chi connectivity index (χ4n) is 2.91. The number of benzene rings is 1. The summed E-state index contributed by atoms with van der Waals surface area (Å²) in [6.45, 7) is 4.28. The molecule has 2 unspecified atom stereocenters. The lowest BCUT2D eigenvalue weighted by atomic mass is 9.86. The number of hydrogen-bond donors (Lipinski definition) is 1. The molecule has 2 aliphatic rings. The Balaban J connectivity index is 1.96. The second kappa shape index (κ2) is 3.92. The number of aryl methyl sites for hydroxylation is 1. The summed E-state index contributed by atoms with van der Waals surface area (Å²) in [5, 5.41) is 10.9. The molecule has 1 N–H and O–H groups in total. The first kappa shape index (κ1) is 11.4. The summed E-state index contributed by atoms with van der Waals surface area (Å²) in [5.74, 6) is 1.88. The van der Waals surface area contributed by atoms with Crippen LogP contribution in [0.15, 0.2) is 18.2 Å². The quantitative estimate of drug-likeness (QED) is 0.767. The molecular weight excluding hydrogens is 232 g/mol. The normalized spacial score (nSPS) is 35.7. The third kappa shape index (κ3) is 1.95. The predicted octanol–water partition coefficient (Wildman–Crippen LogP) is 3.08. The van der Waals surface area contributed by atoms with E-state index in [0.29, 0.717) is 5.25 Å². The van der Waals surface area contributed by atoms with Gasteiger partial charge in [-0.15, -0.1) is 0 Å². The maximum atomic E-state index is 10.3. The lowest BCUT2D eigenvalue weighted by Gasteiger charge is -2.38. The molecule has 0 saturated carbocycles. The van der Waals surface area contributed by atoms with Crippen LogP contribution in [-0.4, -0.2) is 21.7 Å². The van der Waals surface area contributed by atoms with Crippen molar-refractivity contribution in [2.45, 2.75) is 43.6 Å². The van der Waals surface area contributed by atoms with E-state index in [0.717, 1.165) is 29.9 Å². The van der Waals surface area contributed by atoms with Crippen molar-refractivity contribution >= 4 is 11.8 Å². The monoisotopic (exact) mass is 250 g/mol. The van der Waals surface area contributed by atoms with E-state index >= 15 is 0 Å². The van der Waals surface area contributed by atoms with Gasteiger partial charge in [0, 0.05) is 23.0 Å². The third-order valence-electron chi connectivity index (χ3n) is 3.71. The fourth-order valence-corrected chi connectivity index (χ4v) is 4.21. The van der Waals surface area contributed by atoms with Crippen LogP contribution in [0.5, 0.6) is 5.75 Å². The van der Waals surface area contributed by atoms with Gasteiger partial charge in [0.15, 0.2) is 0 Å². The van der Waals surface area contributed by atoms with Crippen molar-refractivity contribution in [1.29, 1.82) is 0 Å². The summed E-state index contributed by atoms with van der Waals surface area (Å²) >= 11 is 1.95. The Labute approximate surface area is 106 Å². The van der Waals surface area contributed by atoms with Gasteiger partial charge in [-0.2, -0.15) is 11.8 Å². The van der Waals surface area contributed by atoms with Gasteiger partial charge in [0.2, 0.25) is 0 Å². The van der Waals surface area contributed by atoms with Gasteiger partial charge in [0.25, 0.3) is 0 Å². The largest absolute Gasteiger partial charge is 0.486 e.